The molecule has 6 nitrogen and oxygen atoms in total. The summed E-state index contributed by atoms with van der Waals surface area (Å²) in [4.78, 5) is 30.0. The van der Waals surface area contributed by atoms with E-state index in [4.69, 9.17) is 0 Å². The topological polar surface area (TPSA) is 62.2 Å². The summed E-state index contributed by atoms with van der Waals surface area (Å²) in [5.74, 6) is 1.31. The Hall–Kier alpha value is -3.28. The number of amides is 1. The van der Waals surface area contributed by atoms with E-state index in [9.17, 15) is 4.79 Å². The van der Waals surface area contributed by atoms with Gasteiger partial charge in [0.2, 0.25) is 0 Å². The fraction of sp³-hybridized carbons (Fsp3) is 0.304. The smallest absolute Gasteiger partial charge is 0.272 e. The molecule has 3 heterocycles. The van der Waals surface area contributed by atoms with Crippen LogP contribution in [0.5, 0.6) is 0 Å². The molecule has 4 rings (SSSR count). The highest BCUT2D eigenvalue weighted by Crippen LogP contribution is 2.32. The van der Waals surface area contributed by atoms with Crippen molar-refractivity contribution in [1.82, 2.24) is 19.9 Å². The Morgan fingerprint density at radius 2 is 1.93 bits per heavy atom. The molecule has 1 aliphatic heterocycles. The van der Waals surface area contributed by atoms with E-state index in [0.717, 1.165) is 37.2 Å². The van der Waals surface area contributed by atoms with Gasteiger partial charge >= 0.3 is 0 Å². The zero-order valence-corrected chi connectivity index (χ0v) is 16.9. The highest BCUT2D eigenvalue weighted by atomic mass is 16.2. The zero-order valence-electron chi connectivity index (χ0n) is 16.9. The maximum Gasteiger partial charge on any atom is 0.272 e. The van der Waals surface area contributed by atoms with E-state index in [1.807, 2.05) is 38.2 Å². The molecule has 148 valence electrons. The van der Waals surface area contributed by atoms with Crippen LogP contribution in [0.1, 0.15) is 33.9 Å². The third kappa shape index (κ3) is 4.26. The molecular formula is C23H25N5O. The fourth-order valence-electron chi connectivity index (χ4n) is 3.71. The summed E-state index contributed by atoms with van der Waals surface area (Å²) in [7, 11) is 1.82. The van der Waals surface area contributed by atoms with Gasteiger partial charge in [-0.25, -0.2) is 9.97 Å². The van der Waals surface area contributed by atoms with Gasteiger partial charge in [-0.3, -0.25) is 9.78 Å². The number of para-hydroxylation sites is 1. The maximum atomic E-state index is 13.0. The normalized spacial score (nSPS) is 13.1. The number of aromatic nitrogens is 3. The molecule has 1 aromatic carbocycles. The van der Waals surface area contributed by atoms with Crippen LogP contribution in [-0.2, 0) is 12.8 Å². The largest absolute Gasteiger partial charge is 0.340 e. The van der Waals surface area contributed by atoms with Gasteiger partial charge in [-0.05, 0) is 55.5 Å². The number of rotatable bonds is 5. The number of fused-ring (bicyclic) bond motifs is 1. The average molecular weight is 387 g/mol. The van der Waals surface area contributed by atoms with Crippen LogP contribution < -0.4 is 4.90 Å². The van der Waals surface area contributed by atoms with Crippen LogP contribution in [0.2, 0.25) is 0 Å². The lowest BCUT2D eigenvalue weighted by molar-refractivity contribution is 0.0790. The quantitative estimate of drug-likeness (QED) is 0.670. The number of pyridine rings is 1. The van der Waals surface area contributed by atoms with Crippen molar-refractivity contribution in [2.75, 3.05) is 25.0 Å². The molecule has 0 N–H and O–H groups in total. The monoisotopic (exact) mass is 387 g/mol. The first kappa shape index (κ1) is 19.1. The standard InChI is InChI=1S/C23H25N5O/c1-17-25-20(23(29)27(2)15-11-18-9-12-24-13-10-18)16-22(26-17)28-14-5-7-19-6-3-4-8-21(19)28/h3-4,6,8-10,12-13,16H,5,7,11,14-15H2,1-2H3. The molecule has 0 saturated carbocycles. The van der Waals surface area contributed by atoms with Crippen molar-refractivity contribution >= 4 is 17.4 Å². The Morgan fingerprint density at radius 3 is 2.76 bits per heavy atom. The maximum absolute atomic E-state index is 13.0. The SMILES string of the molecule is Cc1nc(C(=O)N(C)CCc2ccncc2)cc(N2CCCc3ccccc32)n1. The van der Waals surface area contributed by atoms with Gasteiger partial charge in [0.15, 0.2) is 0 Å². The van der Waals surface area contributed by atoms with Crippen molar-refractivity contribution in [2.24, 2.45) is 0 Å². The number of nitrogens with zero attached hydrogens (tertiary/aromatic N) is 5. The molecule has 0 spiro atoms. The molecule has 0 aliphatic carbocycles. The Bertz CT molecular complexity index is 1010. The summed E-state index contributed by atoms with van der Waals surface area (Å²) in [6.45, 7) is 3.35. The van der Waals surface area contributed by atoms with E-state index >= 15 is 0 Å². The molecule has 2 aromatic heterocycles. The average Bonchev–Trinajstić information content (AvgIpc) is 2.76. The van der Waals surface area contributed by atoms with Gasteiger partial charge in [-0.15, -0.1) is 0 Å². The van der Waals surface area contributed by atoms with E-state index < -0.39 is 0 Å². The van der Waals surface area contributed by atoms with E-state index in [0.29, 0.717) is 18.1 Å². The molecule has 6 heteroatoms. The highest BCUT2D eigenvalue weighted by Gasteiger charge is 2.22. The van der Waals surface area contributed by atoms with Gasteiger partial charge in [-0.2, -0.15) is 0 Å². The second-order valence-corrected chi connectivity index (χ2v) is 7.37. The van der Waals surface area contributed by atoms with Crippen molar-refractivity contribution in [3.8, 4) is 0 Å². The van der Waals surface area contributed by atoms with E-state index in [2.05, 4.69) is 38.1 Å². The Balaban J connectivity index is 1.55. The third-order valence-corrected chi connectivity index (χ3v) is 5.26. The predicted octanol–water partition coefficient (Wildman–Crippen LogP) is 3.58. The van der Waals surface area contributed by atoms with Gasteiger partial charge in [0.05, 0.1) is 0 Å². The van der Waals surface area contributed by atoms with Crippen LogP contribution in [0, 0.1) is 6.92 Å². The molecule has 29 heavy (non-hydrogen) atoms. The number of carbonyl (C=O) groups excluding carboxylic acids is 1. The van der Waals surface area contributed by atoms with E-state index in [1.165, 1.54) is 11.3 Å². The summed E-state index contributed by atoms with van der Waals surface area (Å²) in [6.07, 6.45) is 6.46. The second-order valence-electron chi connectivity index (χ2n) is 7.37. The molecule has 0 unspecified atom stereocenters. The summed E-state index contributed by atoms with van der Waals surface area (Å²) < 4.78 is 0. The number of anilines is 2. The number of hydrogen-bond acceptors (Lipinski definition) is 5. The Morgan fingerprint density at radius 1 is 1.14 bits per heavy atom. The fourth-order valence-corrected chi connectivity index (χ4v) is 3.71. The van der Waals surface area contributed by atoms with Gasteiger partial charge in [0.1, 0.15) is 17.3 Å². The van der Waals surface area contributed by atoms with Gasteiger partial charge in [0.25, 0.3) is 5.91 Å². The second kappa shape index (κ2) is 8.39. The molecular weight excluding hydrogens is 362 g/mol. The summed E-state index contributed by atoms with van der Waals surface area (Å²) in [5.41, 5.74) is 4.08. The van der Waals surface area contributed by atoms with Crippen LogP contribution in [0.25, 0.3) is 0 Å². The minimum atomic E-state index is -0.0869. The van der Waals surface area contributed by atoms with Gasteiger partial charge in [-0.1, -0.05) is 18.2 Å². The van der Waals surface area contributed by atoms with E-state index in [1.54, 1.807) is 17.3 Å². The molecule has 0 atom stereocenters. The van der Waals surface area contributed by atoms with Crippen molar-refractivity contribution in [1.29, 1.82) is 0 Å². The van der Waals surface area contributed by atoms with Crippen molar-refractivity contribution in [3.63, 3.8) is 0 Å². The molecule has 0 bridgehead atoms. The molecule has 1 aliphatic rings. The number of carbonyl (C=O) groups is 1. The lowest BCUT2D eigenvalue weighted by atomic mass is 10.0. The lowest BCUT2D eigenvalue weighted by Gasteiger charge is -2.30. The predicted molar refractivity (Wildman–Crippen MR) is 113 cm³/mol. The zero-order chi connectivity index (χ0) is 20.2. The highest BCUT2D eigenvalue weighted by molar-refractivity contribution is 5.93. The summed E-state index contributed by atoms with van der Waals surface area (Å²) >= 11 is 0. The number of aryl methyl sites for hydroxylation is 2. The third-order valence-electron chi connectivity index (χ3n) is 5.26. The number of likely N-dealkylation sites (N-methyl/N-ethyl adjacent to an activating group) is 1. The van der Waals surface area contributed by atoms with Crippen molar-refractivity contribution in [2.45, 2.75) is 26.2 Å². The minimum Gasteiger partial charge on any atom is -0.340 e. The molecule has 0 saturated heterocycles. The van der Waals surface area contributed by atoms with Gasteiger partial charge in [0, 0.05) is 44.3 Å². The first-order valence-electron chi connectivity index (χ1n) is 9.97. The minimum absolute atomic E-state index is 0.0869. The number of benzene rings is 1. The first-order valence-corrected chi connectivity index (χ1v) is 9.97. The molecule has 0 fully saturated rings. The number of hydrogen-bond donors (Lipinski definition) is 0. The summed E-state index contributed by atoms with van der Waals surface area (Å²) in [5, 5.41) is 0. The van der Waals surface area contributed by atoms with Crippen LogP contribution in [0.15, 0.2) is 54.9 Å². The van der Waals surface area contributed by atoms with Crippen molar-refractivity contribution in [3.05, 3.63) is 77.5 Å². The van der Waals surface area contributed by atoms with Crippen LogP contribution >= 0.6 is 0 Å². The van der Waals surface area contributed by atoms with Crippen LogP contribution in [0.4, 0.5) is 11.5 Å². The van der Waals surface area contributed by atoms with Gasteiger partial charge < -0.3 is 9.80 Å². The molecule has 0 radical (unpaired) electrons. The molecule has 1 amide bonds. The Kier molecular flexibility index (Phi) is 5.51. The Labute approximate surface area is 171 Å². The van der Waals surface area contributed by atoms with Crippen LogP contribution in [-0.4, -0.2) is 45.9 Å². The first-order chi connectivity index (χ1) is 14.1. The molecule has 3 aromatic rings. The van der Waals surface area contributed by atoms with Crippen molar-refractivity contribution < 1.29 is 4.79 Å². The van der Waals surface area contributed by atoms with E-state index in [-0.39, 0.29) is 5.91 Å². The summed E-state index contributed by atoms with van der Waals surface area (Å²) in [6, 6.07) is 14.2. The lowest BCUT2D eigenvalue weighted by Crippen LogP contribution is -2.31. The van der Waals surface area contributed by atoms with Crippen LogP contribution in [0.3, 0.4) is 0 Å².